The second-order valence-electron chi connectivity index (χ2n) is 5.48. The number of pyridine rings is 2. The van der Waals surface area contributed by atoms with E-state index in [-0.39, 0.29) is 5.91 Å². The molecule has 3 heterocycles. The van der Waals surface area contributed by atoms with Gasteiger partial charge in [0.25, 0.3) is 5.91 Å². The summed E-state index contributed by atoms with van der Waals surface area (Å²) in [6.07, 6.45) is 8.22. The van der Waals surface area contributed by atoms with E-state index in [1.54, 1.807) is 24.5 Å². The summed E-state index contributed by atoms with van der Waals surface area (Å²) in [4.78, 5) is 23.1. The molecule has 0 spiro atoms. The van der Waals surface area contributed by atoms with Gasteiger partial charge in [-0.1, -0.05) is 18.9 Å². The smallest absolute Gasteiger partial charge is 0.274 e. The Hall–Kier alpha value is -2.43. The van der Waals surface area contributed by atoms with Crippen molar-refractivity contribution in [2.24, 2.45) is 0 Å². The molecule has 0 bridgehead atoms. The second-order valence-corrected chi connectivity index (χ2v) is 5.48. The summed E-state index contributed by atoms with van der Waals surface area (Å²) in [6, 6.07) is 9.21. The molecule has 0 atom stereocenters. The Labute approximate surface area is 130 Å². The standard InChI is InChI=1S/C17H20N4O/c22-17(19-14-7-6-10-18-13-14)15-8-5-9-16(20-15)21-11-3-1-2-4-12-21/h5-10,13H,1-4,11-12H2,(H,19,22). The Kier molecular flexibility index (Phi) is 4.63. The molecule has 114 valence electrons. The summed E-state index contributed by atoms with van der Waals surface area (Å²) in [5.74, 6) is 0.686. The van der Waals surface area contributed by atoms with Crippen molar-refractivity contribution < 1.29 is 4.79 Å². The van der Waals surface area contributed by atoms with E-state index in [0.717, 1.165) is 18.9 Å². The molecule has 0 unspecified atom stereocenters. The summed E-state index contributed by atoms with van der Waals surface area (Å²) in [6.45, 7) is 2.03. The van der Waals surface area contributed by atoms with Crippen molar-refractivity contribution in [3.63, 3.8) is 0 Å². The van der Waals surface area contributed by atoms with Gasteiger partial charge in [0, 0.05) is 19.3 Å². The van der Waals surface area contributed by atoms with Crippen molar-refractivity contribution in [3.8, 4) is 0 Å². The normalized spacial score (nSPS) is 15.2. The van der Waals surface area contributed by atoms with Crippen LogP contribution in [-0.2, 0) is 0 Å². The molecule has 3 rings (SSSR count). The first-order valence-corrected chi connectivity index (χ1v) is 7.76. The van der Waals surface area contributed by atoms with Gasteiger partial charge in [-0.15, -0.1) is 0 Å². The lowest BCUT2D eigenvalue weighted by molar-refractivity contribution is 0.102. The molecule has 2 aromatic heterocycles. The minimum Gasteiger partial charge on any atom is -0.357 e. The van der Waals surface area contributed by atoms with Crippen LogP contribution < -0.4 is 10.2 Å². The van der Waals surface area contributed by atoms with E-state index < -0.39 is 0 Å². The maximum atomic E-state index is 12.3. The van der Waals surface area contributed by atoms with Gasteiger partial charge in [0.05, 0.1) is 11.9 Å². The van der Waals surface area contributed by atoms with Gasteiger partial charge < -0.3 is 10.2 Å². The van der Waals surface area contributed by atoms with Gasteiger partial charge in [0.15, 0.2) is 0 Å². The zero-order valence-electron chi connectivity index (χ0n) is 12.5. The number of aromatic nitrogens is 2. The molecule has 1 amide bonds. The zero-order chi connectivity index (χ0) is 15.2. The van der Waals surface area contributed by atoms with Crippen LogP contribution in [0, 0.1) is 0 Å². The molecule has 5 nitrogen and oxygen atoms in total. The molecule has 1 aliphatic rings. The van der Waals surface area contributed by atoms with Gasteiger partial charge in [-0.2, -0.15) is 0 Å². The van der Waals surface area contributed by atoms with Gasteiger partial charge >= 0.3 is 0 Å². The Balaban J connectivity index is 1.74. The molecule has 0 radical (unpaired) electrons. The first-order valence-electron chi connectivity index (χ1n) is 7.76. The third kappa shape index (κ3) is 3.61. The average molecular weight is 296 g/mol. The topological polar surface area (TPSA) is 58.1 Å². The van der Waals surface area contributed by atoms with Gasteiger partial charge in [-0.3, -0.25) is 9.78 Å². The number of anilines is 2. The van der Waals surface area contributed by atoms with Crippen LogP contribution >= 0.6 is 0 Å². The maximum absolute atomic E-state index is 12.3. The van der Waals surface area contributed by atoms with Crippen molar-refractivity contribution in [2.45, 2.75) is 25.7 Å². The lowest BCUT2D eigenvalue weighted by Crippen LogP contribution is -2.26. The van der Waals surface area contributed by atoms with E-state index >= 15 is 0 Å². The van der Waals surface area contributed by atoms with Crippen molar-refractivity contribution >= 4 is 17.4 Å². The summed E-state index contributed by atoms with van der Waals surface area (Å²) < 4.78 is 0. The molecule has 1 N–H and O–H groups in total. The first kappa shape index (κ1) is 14.5. The second kappa shape index (κ2) is 7.02. The summed E-state index contributed by atoms with van der Waals surface area (Å²) in [5, 5.41) is 2.82. The number of carbonyl (C=O) groups excluding carboxylic acids is 1. The fraction of sp³-hybridized carbons (Fsp3) is 0.353. The highest BCUT2D eigenvalue weighted by Crippen LogP contribution is 2.18. The first-order chi connectivity index (χ1) is 10.8. The molecule has 0 saturated carbocycles. The number of nitrogens with zero attached hydrogens (tertiary/aromatic N) is 3. The zero-order valence-corrected chi connectivity index (χ0v) is 12.5. The fourth-order valence-corrected chi connectivity index (χ4v) is 2.66. The monoisotopic (exact) mass is 296 g/mol. The van der Waals surface area contributed by atoms with Crippen LogP contribution in [-0.4, -0.2) is 29.0 Å². The molecule has 1 fully saturated rings. The number of amides is 1. The molecule has 0 aliphatic carbocycles. The predicted octanol–water partition coefficient (Wildman–Crippen LogP) is 3.11. The van der Waals surface area contributed by atoms with E-state index in [1.807, 2.05) is 18.2 Å². The molecule has 0 aromatic carbocycles. The minimum atomic E-state index is -0.204. The van der Waals surface area contributed by atoms with Crippen LogP contribution in [0.25, 0.3) is 0 Å². The number of nitrogens with one attached hydrogen (secondary N) is 1. The van der Waals surface area contributed by atoms with Crippen LogP contribution in [0.3, 0.4) is 0 Å². The van der Waals surface area contributed by atoms with Gasteiger partial charge in [-0.05, 0) is 37.1 Å². The fourth-order valence-electron chi connectivity index (χ4n) is 2.66. The number of rotatable bonds is 3. The van der Waals surface area contributed by atoms with E-state index in [0.29, 0.717) is 11.4 Å². The molecule has 1 aliphatic heterocycles. The Morgan fingerprint density at radius 3 is 2.59 bits per heavy atom. The van der Waals surface area contributed by atoms with Gasteiger partial charge in [0.2, 0.25) is 0 Å². The van der Waals surface area contributed by atoms with E-state index in [2.05, 4.69) is 20.2 Å². The molecule has 5 heteroatoms. The molecule has 2 aromatic rings. The number of hydrogen-bond acceptors (Lipinski definition) is 4. The average Bonchev–Trinajstić information content (AvgIpc) is 2.85. The Bertz CT molecular complexity index is 622. The molecular formula is C17H20N4O. The van der Waals surface area contributed by atoms with E-state index in [1.165, 1.54) is 25.7 Å². The quantitative estimate of drug-likeness (QED) is 0.945. The summed E-state index contributed by atoms with van der Waals surface area (Å²) >= 11 is 0. The van der Waals surface area contributed by atoms with Crippen molar-refractivity contribution in [1.29, 1.82) is 0 Å². The SMILES string of the molecule is O=C(Nc1cccnc1)c1cccc(N2CCCCCC2)n1. The minimum absolute atomic E-state index is 0.204. The molecular weight excluding hydrogens is 276 g/mol. The number of carbonyl (C=O) groups is 1. The predicted molar refractivity (Wildman–Crippen MR) is 87.1 cm³/mol. The highest BCUT2D eigenvalue weighted by Gasteiger charge is 2.14. The third-order valence-electron chi connectivity index (χ3n) is 3.82. The van der Waals surface area contributed by atoms with Crippen LogP contribution in [0.5, 0.6) is 0 Å². The maximum Gasteiger partial charge on any atom is 0.274 e. The van der Waals surface area contributed by atoms with Crippen molar-refractivity contribution in [1.82, 2.24) is 9.97 Å². The Morgan fingerprint density at radius 2 is 1.86 bits per heavy atom. The van der Waals surface area contributed by atoms with Crippen molar-refractivity contribution in [3.05, 3.63) is 48.4 Å². The highest BCUT2D eigenvalue weighted by molar-refractivity contribution is 6.02. The lowest BCUT2D eigenvalue weighted by atomic mass is 10.2. The summed E-state index contributed by atoms with van der Waals surface area (Å²) in [7, 11) is 0. The van der Waals surface area contributed by atoms with Gasteiger partial charge in [-0.25, -0.2) is 4.98 Å². The van der Waals surface area contributed by atoms with E-state index in [9.17, 15) is 4.79 Å². The molecule has 22 heavy (non-hydrogen) atoms. The highest BCUT2D eigenvalue weighted by atomic mass is 16.1. The third-order valence-corrected chi connectivity index (χ3v) is 3.82. The van der Waals surface area contributed by atoms with Crippen molar-refractivity contribution in [2.75, 3.05) is 23.3 Å². The van der Waals surface area contributed by atoms with Crippen LogP contribution in [0.15, 0.2) is 42.7 Å². The largest absolute Gasteiger partial charge is 0.357 e. The number of hydrogen-bond donors (Lipinski definition) is 1. The van der Waals surface area contributed by atoms with Crippen LogP contribution in [0.4, 0.5) is 11.5 Å². The van der Waals surface area contributed by atoms with Crippen LogP contribution in [0.2, 0.25) is 0 Å². The summed E-state index contributed by atoms with van der Waals surface area (Å²) in [5.41, 5.74) is 1.11. The molecule has 1 saturated heterocycles. The Morgan fingerprint density at radius 1 is 1.05 bits per heavy atom. The lowest BCUT2D eigenvalue weighted by Gasteiger charge is -2.21. The van der Waals surface area contributed by atoms with E-state index in [4.69, 9.17) is 0 Å². The van der Waals surface area contributed by atoms with Crippen LogP contribution in [0.1, 0.15) is 36.2 Å². The van der Waals surface area contributed by atoms with Gasteiger partial charge in [0.1, 0.15) is 11.5 Å².